The number of hydrogen-bond donors (Lipinski definition) is 0. The molecule has 0 N–H and O–H groups in total. The van der Waals surface area contributed by atoms with Crippen LogP contribution in [0.4, 0.5) is 0 Å². The molecule has 0 saturated heterocycles. The Bertz CT molecular complexity index is 205. The zero-order chi connectivity index (χ0) is 9.84. The Morgan fingerprint density at radius 1 is 1.62 bits per heavy atom. The zero-order valence-electron chi connectivity index (χ0n) is 7.25. The molecular weight excluding hydrogens is 208 g/mol. The maximum absolute atomic E-state index is 10.8. The van der Waals surface area contributed by atoms with Crippen molar-refractivity contribution < 1.29 is 18.4 Å². The van der Waals surface area contributed by atoms with Gasteiger partial charge < -0.3 is 0 Å². The predicted molar refractivity (Wildman–Crippen MR) is 54.2 cm³/mol. The van der Waals surface area contributed by atoms with Gasteiger partial charge in [-0.2, -0.15) is 0 Å². The summed E-state index contributed by atoms with van der Waals surface area (Å²) in [5.74, 6) is -0.227. The van der Waals surface area contributed by atoms with Gasteiger partial charge in [0.1, 0.15) is 0 Å². The Kier molecular flexibility index (Phi) is 4.68. The van der Waals surface area contributed by atoms with Crippen LogP contribution in [-0.4, -0.2) is 33.1 Å². The minimum atomic E-state index is -0.278. The first kappa shape index (κ1) is 11.5. The van der Waals surface area contributed by atoms with Gasteiger partial charge in [0.2, 0.25) is 0 Å². The summed E-state index contributed by atoms with van der Waals surface area (Å²) in [4.78, 5) is 0. The summed E-state index contributed by atoms with van der Waals surface area (Å²) in [7, 11) is 4.46. The molecule has 5 atom stereocenters. The minimum absolute atomic E-state index is 0.0538. The molecule has 70 valence electrons. The van der Waals surface area contributed by atoms with Crippen molar-refractivity contribution in [1.82, 2.24) is 0 Å². The van der Waals surface area contributed by atoms with E-state index in [4.69, 9.17) is 9.18 Å². The van der Waals surface area contributed by atoms with Crippen molar-refractivity contribution in [3.05, 3.63) is 0 Å². The Morgan fingerprint density at radius 3 is 2.69 bits per heavy atom. The van der Waals surface area contributed by atoms with Crippen molar-refractivity contribution in [3.8, 4) is 0 Å². The topological polar surface area (TPSA) is 52.6 Å². The standard InChI is InChI=1S/C5H10B2O4P2/c6-10-3-1-2(7-8)5(13-9)4(3)11-12/h2-5H,1,6,12H2/t2-,3+,4+,5-/m0/s1. The van der Waals surface area contributed by atoms with Gasteiger partial charge in [0, 0.05) is 0 Å². The molecule has 0 amide bonds. The van der Waals surface area contributed by atoms with Crippen LogP contribution in [0.25, 0.3) is 0 Å². The van der Waals surface area contributed by atoms with E-state index in [0.717, 1.165) is 7.15 Å². The molecule has 1 unspecified atom stereocenters. The van der Waals surface area contributed by atoms with Crippen molar-refractivity contribution in [3.63, 3.8) is 0 Å². The summed E-state index contributed by atoms with van der Waals surface area (Å²) < 4.78 is 31.7. The third kappa shape index (κ3) is 2.24. The summed E-state index contributed by atoms with van der Waals surface area (Å²) in [6, 6.07) is 0. The van der Waals surface area contributed by atoms with Crippen LogP contribution in [0.3, 0.4) is 0 Å². The average molecular weight is 218 g/mol. The van der Waals surface area contributed by atoms with Gasteiger partial charge in [-0.25, -0.2) is 0 Å². The Balaban J connectivity index is 2.76. The molecule has 0 heterocycles. The summed E-state index contributed by atoms with van der Waals surface area (Å²) in [5.41, 5.74) is -0.278. The van der Waals surface area contributed by atoms with Crippen LogP contribution < -0.4 is 0 Å². The maximum atomic E-state index is 10.8. The van der Waals surface area contributed by atoms with Crippen LogP contribution >= 0.6 is 17.9 Å². The first-order chi connectivity index (χ1) is 6.28. The second-order valence-electron chi connectivity index (χ2n) is 3.01. The molecule has 1 fully saturated rings. The SMILES string of the molecule is BO[C@@H]1C[C@H](B=O)[C@H](P=O)[C@@H]1OP. The van der Waals surface area contributed by atoms with Crippen LogP contribution in [0.2, 0.25) is 5.82 Å². The van der Waals surface area contributed by atoms with E-state index in [-0.39, 0.29) is 32.1 Å². The van der Waals surface area contributed by atoms with Gasteiger partial charge in [-0.15, -0.1) is 0 Å². The Hall–Kier alpha value is 0.380. The second kappa shape index (κ2) is 5.31. The number of hydrogen-bond acceptors (Lipinski definition) is 4. The molecule has 0 aromatic rings. The van der Waals surface area contributed by atoms with Crippen molar-refractivity contribution in [2.24, 2.45) is 0 Å². The van der Waals surface area contributed by atoms with Gasteiger partial charge in [0.05, 0.1) is 0 Å². The molecule has 1 aliphatic rings. The summed E-state index contributed by atoms with van der Waals surface area (Å²) in [6.07, 6.45) is 0.169. The Labute approximate surface area is 82.3 Å². The average Bonchev–Trinajstić information content (AvgIpc) is 2.54. The molecule has 0 aliphatic heterocycles. The van der Waals surface area contributed by atoms with Gasteiger partial charge in [-0.05, 0) is 0 Å². The number of rotatable bonds is 4. The second-order valence-corrected chi connectivity index (χ2v) is 4.09. The Morgan fingerprint density at radius 2 is 2.31 bits per heavy atom. The van der Waals surface area contributed by atoms with Crippen molar-refractivity contribution >= 4 is 33.1 Å². The summed E-state index contributed by atoms with van der Waals surface area (Å²) in [5, 5.41) is 0. The van der Waals surface area contributed by atoms with Gasteiger partial charge in [0.25, 0.3) is 0 Å². The molecule has 1 aliphatic carbocycles. The van der Waals surface area contributed by atoms with E-state index in [1.54, 1.807) is 8.05 Å². The van der Waals surface area contributed by atoms with Crippen molar-refractivity contribution in [1.29, 1.82) is 0 Å². The molecule has 4 nitrogen and oxygen atoms in total. The molecule has 0 bridgehead atoms. The third-order valence-corrected chi connectivity index (χ3v) is 3.64. The summed E-state index contributed by atoms with van der Waals surface area (Å²) in [6.45, 7) is 0. The van der Waals surface area contributed by atoms with Gasteiger partial charge >= 0.3 is 81.7 Å². The molecular formula is C5H10B2O4P2. The van der Waals surface area contributed by atoms with E-state index in [9.17, 15) is 9.27 Å². The zero-order valence-corrected chi connectivity index (χ0v) is 9.30. The molecule has 1 saturated carbocycles. The fourth-order valence-corrected chi connectivity index (χ4v) is 2.89. The fourth-order valence-electron chi connectivity index (χ4n) is 1.68. The first-order valence-corrected chi connectivity index (χ1v) is 5.29. The van der Waals surface area contributed by atoms with Crippen LogP contribution in [0.1, 0.15) is 6.42 Å². The van der Waals surface area contributed by atoms with Crippen LogP contribution in [0.15, 0.2) is 0 Å². The van der Waals surface area contributed by atoms with E-state index < -0.39 is 0 Å². The van der Waals surface area contributed by atoms with Gasteiger partial charge in [-0.1, -0.05) is 0 Å². The van der Waals surface area contributed by atoms with Gasteiger partial charge in [-0.3, -0.25) is 0 Å². The molecule has 13 heavy (non-hydrogen) atoms. The fraction of sp³-hybridized carbons (Fsp3) is 1.00. The van der Waals surface area contributed by atoms with Crippen LogP contribution in [-0.2, 0) is 18.4 Å². The predicted octanol–water partition coefficient (Wildman–Crippen LogP) is -0.00280. The van der Waals surface area contributed by atoms with E-state index >= 15 is 0 Å². The first-order valence-electron chi connectivity index (χ1n) is 3.94. The van der Waals surface area contributed by atoms with Gasteiger partial charge in [0.15, 0.2) is 0 Å². The van der Waals surface area contributed by atoms with Crippen LogP contribution in [0, 0.1) is 0 Å². The molecule has 0 radical (unpaired) electrons. The molecule has 0 aromatic heterocycles. The van der Waals surface area contributed by atoms with E-state index in [1.165, 1.54) is 0 Å². The molecule has 1 rings (SSSR count). The van der Waals surface area contributed by atoms with Crippen molar-refractivity contribution in [2.75, 3.05) is 0 Å². The van der Waals surface area contributed by atoms with E-state index in [1.807, 2.05) is 0 Å². The van der Waals surface area contributed by atoms with Crippen LogP contribution in [0.5, 0.6) is 0 Å². The van der Waals surface area contributed by atoms with Crippen molar-refractivity contribution in [2.45, 2.75) is 30.1 Å². The van der Waals surface area contributed by atoms with E-state index in [0.29, 0.717) is 6.42 Å². The summed E-state index contributed by atoms with van der Waals surface area (Å²) >= 11 is 0. The molecule has 0 aromatic carbocycles. The quantitative estimate of drug-likeness (QED) is 0.491. The third-order valence-electron chi connectivity index (χ3n) is 2.40. The molecule has 0 spiro atoms. The normalized spacial score (nSPS) is 39.2. The monoisotopic (exact) mass is 218 g/mol. The molecule has 8 heteroatoms. The van der Waals surface area contributed by atoms with E-state index in [2.05, 4.69) is 9.47 Å².